The highest BCUT2D eigenvalue weighted by Crippen LogP contribution is 2.26. The van der Waals surface area contributed by atoms with Crippen molar-refractivity contribution in [1.82, 2.24) is 20.2 Å². The van der Waals surface area contributed by atoms with Gasteiger partial charge in [-0.05, 0) is 46.8 Å². The van der Waals surface area contributed by atoms with Crippen LogP contribution in [0, 0.1) is 0 Å². The van der Waals surface area contributed by atoms with Crippen LogP contribution in [0.1, 0.15) is 12.2 Å². The molecule has 0 saturated carbocycles. The third-order valence-corrected chi connectivity index (χ3v) is 5.46. The number of amides is 1. The first-order valence-electron chi connectivity index (χ1n) is 9.66. The van der Waals surface area contributed by atoms with Gasteiger partial charge in [-0.15, -0.1) is 5.10 Å². The third kappa shape index (κ3) is 4.75. The van der Waals surface area contributed by atoms with Crippen molar-refractivity contribution < 1.29 is 4.79 Å². The van der Waals surface area contributed by atoms with E-state index in [1.54, 1.807) is 21.3 Å². The molecule has 7 heteroatoms. The van der Waals surface area contributed by atoms with E-state index in [2.05, 4.69) is 15.5 Å². The highest BCUT2D eigenvalue weighted by Gasteiger charge is 2.17. The molecule has 1 amide bonds. The SMILES string of the molecule is O=C(CCSCc1nnnn1-c1ccccc1)N(c1ccccc1)c1ccccc1. The minimum Gasteiger partial charge on any atom is -0.281 e. The van der Waals surface area contributed by atoms with E-state index in [-0.39, 0.29) is 5.91 Å². The van der Waals surface area contributed by atoms with Crippen LogP contribution in [0.3, 0.4) is 0 Å². The quantitative estimate of drug-likeness (QED) is 0.392. The Hall–Kier alpha value is -3.45. The van der Waals surface area contributed by atoms with Crippen LogP contribution < -0.4 is 4.90 Å². The van der Waals surface area contributed by atoms with Crippen molar-refractivity contribution in [1.29, 1.82) is 0 Å². The van der Waals surface area contributed by atoms with Crippen LogP contribution >= 0.6 is 11.8 Å². The summed E-state index contributed by atoms with van der Waals surface area (Å²) in [6.07, 6.45) is 0.418. The number of benzene rings is 3. The number of rotatable bonds is 8. The van der Waals surface area contributed by atoms with Gasteiger partial charge in [0.2, 0.25) is 5.91 Å². The summed E-state index contributed by atoms with van der Waals surface area (Å²) in [5, 5.41) is 12.0. The summed E-state index contributed by atoms with van der Waals surface area (Å²) in [6.45, 7) is 0. The molecule has 0 atom stereocenters. The number of nitrogens with zero attached hydrogens (tertiary/aromatic N) is 5. The zero-order chi connectivity index (χ0) is 20.6. The lowest BCUT2D eigenvalue weighted by Gasteiger charge is -2.23. The minimum absolute atomic E-state index is 0.0579. The fraction of sp³-hybridized carbons (Fsp3) is 0.130. The van der Waals surface area contributed by atoms with E-state index in [0.717, 1.165) is 22.9 Å². The third-order valence-electron chi connectivity index (χ3n) is 4.50. The van der Waals surface area contributed by atoms with Gasteiger partial charge in [0.1, 0.15) is 0 Å². The molecule has 0 unspecified atom stereocenters. The van der Waals surface area contributed by atoms with Gasteiger partial charge in [-0.2, -0.15) is 16.4 Å². The number of thioether (sulfide) groups is 1. The molecule has 0 fully saturated rings. The van der Waals surface area contributed by atoms with E-state index in [0.29, 0.717) is 17.9 Å². The van der Waals surface area contributed by atoms with Gasteiger partial charge in [0.25, 0.3) is 0 Å². The van der Waals surface area contributed by atoms with Crippen molar-refractivity contribution in [2.24, 2.45) is 0 Å². The van der Waals surface area contributed by atoms with E-state index < -0.39 is 0 Å². The number of aromatic nitrogens is 4. The Labute approximate surface area is 179 Å². The zero-order valence-electron chi connectivity index (χ0n) is 16.3. The summed E-state index contributed by atoms with van der Waals surface area (Å²) in [4.78, 5) is 14.8. The van der Waals surface area contributed by atoms with Gasteiger partial charge in [-0.1, -0.05) is 54.6 Å². The first kappa shape index (κ1) is 19.8. The van der Waals surface area contributed by atoms with Gasteiger partial charge in [0, 0.05) is 23.5 Å². The van der Waals surface area contributed by atoms with Crippen molar-refractivity contribution >= 4 is 29.0 Å². The molecule has 0 radical (unpaired) electrons. The van der Waals surface area contributed by atoms with E-state index in [4.69, 9.17) is 0 Å². The van der Waals surface area contributed by atoms with Gasteiger partial charge in [-0.3, -0.25) is 9.69 Å². The van der Waals surface area contributed by atoms with E-state index in [9.17, 15) is 4.79 Å². The molecule has 6 nitrogen and oxygen atoms in total. The number of hydrogen-bond acceptors (Lipinski definition) is 5. The fourth-order valence-corrected chi connectivity index (χ4v) is 3.92. The second-order valence-electron chi connectivity index (χ2n) is 6.55. The Bertz CT molecular complexity index is 1030. The second kappa shape index (κ2) is 9.84. The first-order valence-corrected chi connectivity index (χ1v) is 10.8. The molecule has 0 saturated heterocycles. The molecular weight excluding hydrogens is 394 g/mol. The molecule has 0 aliphatic carbocycles. The van der Waals surface area contributed by atoms with Gasteiger partial charge in [-0.25, -0.2) is 0 Å². The molecule has 0 aliphatic rings. The van der Waals surface area contributed by atoms with Crippen LogP contribution in [-0.2, 0) is 10.5 Å². The maximum absolute atomic E-state index is 13.1. The predicted molar refractivity (Wildman–Crippen MR) is 120 cm³/mol. The lowest BCUT2D eigenvalue weighted by molar-refractivity contribution is -0.117. The standard InChI is InChI=1S/C23H21N5OS/c29-23(27(19-10-4-1-5-11-19)20-12-6-2-7-13-20)16-17-30-18-22-24-25-26-28(22)21-14-8-3-9-15-21/h1-15H,16-18H2. The topological polar surface area (TPSA) is 63.9 Å². The molecule has 0 N–H and O–H groups in total. The van der Waals surface area contributed by atoms with Crippen molar-refractivity contribution in [3.63, 3.8) is 0 Å². The average molecular weight is 416 g/mol. The van der Waals surface area contributed by atoms with Crippen LogP contribution in [0.2, 0.25) is 0 Å². The molecule has 0 bridgehead atoms. The second-order valence-corrected chi connectivity index (χ2v) is 7.65. The van der Waals surface area contributed by atoms with E-state index in [1.807, 2.05) is 91.0 Å². The van der Waals surface area contributed by atoms with Crippen molar-refractivity contribution in [2.45, 2.75) is 12.2 Å². The zero-order valence-corrected chi connectivity index (χ0v) is 17.2. The van der Waals surface area contributed by atoms with Gasteiger partial charge in [0.15, 0.2) is 5.82 Å². The molecule has 4 aromatic rings. The molecule has 4 rings (SSSR count). The van der Waals surface area contributed by atoms with E-state index >= 15 is 0 Å². The number of tetrazole rings is 1. The molecule has 0 spiro atoms. The molecule has 3 aromatic carbocycles. The Morgan fingerprint density at radius 2 is 1.40 bits per heavy atom. The highest BCUT2D eigenvalue weighted by atomic mass is 32.2. The number of carbonyl (C=O) groups excluding carboxylic acids is 1. The minimum atomic E-state index is 0.0579. The number of anilines is 2. The maximum atomic E-state index is 13.1. The van der Waals surface area contributed by atoms with Gasteiger partial charge < -0.3 is 0 Å². The maximum Gasteiger partial charge on any atom is 0.232 e. The molecule has 1 aromatic heterocycles. The fourth-order valence-electron chi connectivity index (χ4n) is 3.09. The first-order chi connectivity index (χ1) is 14.8. The Morgan fingerprint density at radius 1 is 0.833 bits per heavy atom. The van der Waals surface area contributed by atoms with E-state index in [1.165, 1.54) is 0 Å². The van der Waals surface area contributed by atoms with Crippen LogP contribution in [0.15, 0.2) is 91.0 Å². The average Bonchev–Trinajstić information content (AvgIpc) is 3.28. The summed E-state index contributed by atoms with van der Waals surface area (Å²) in [5.74, 6) is 2.13. The van der Waals surface area contributed by atoms with Crippen LogP contribution in [0.25, 0.3) is 5.69 Å². The van der Waals surface area contributed by atoms with Crippen molar-refractivity contribution in [2.75, 3.05) is 10.7 Å². The normalized spacial score (nSPS) is 10.7. The number of hydrogen-bond donors (Lipinski definition) is 0. The lowest BCUT2D eigenvalue weighted by atomic mass is 10.2. The molecule has 30 heavy (non-hydrogen) atoms. The number of para-hydroxylation sites is 3. The molecular formula is C23H21N5OS. The predicted octanol–water partition coefficient (Wildman–Crippen LogP) is 4.65. The summed E-state index contributed by atoms with van der Waals surface area (Å²) in [5.41, 5.74) is 2.66. The van der Waals surface area contributed by atoms with Gasteiger partial charge in [0.05, 0.1) is 11.4 Å². The summed E-state index contributed by atoms with van der Waals surface area (Å²) in [7, 11) is 0. The Balaban J connectivity index is 1.39. The van der Waals surface area contributed by atoms with Crippen molar-refractivity contribution in [3.05, 3.63) is 96.8 Å². The lowest BCUT2D eigenvalue weighted by Crippen LogP contribution is -2.26. The van der Waals surface area contributed by atoms with Crippen LogP contribution in [0.4, 0.5) is 11.4 Å². The highest BCUT2D eigenvalue weighted by molar-refractivity contribution is 7.98. The Morgan fingerprint density at radius 3 is 2.00 bits per heavy atom. The number of carbonyl (C=O) groups is 1. The smallest absolute Gasteiger partial charge is 0.232 e. The summed E-state index contributed by atoms with van der Waals surface area (Å²) in [6, 6.07) is 29.3. The molecule has 150 valence electrons. The summed E-state index contributed by atoms with van der Waals surface area (Å²) < 4.78 is 1.73. The summed E-state index contributed by atoms with van der Waals surface area (Å²) >= 11 is 1.65. The monoisotopic (exact) mass is 415 g/mol. The van der Waals surface area contributed by atoms with Gasteiger partial charge >= 0.3 is 0 Å². The van der Waals surface area contributed by atoms with Crippen LogP contribution in [-0.4, -0.2) is 31.9 Å². The largest absolute Gasteiger partial charge is 0.281 e. The van der Waals surface area contributed by atoms with Crippen LogP contribution in [0.5, 0.6) is 0 Å². The Kier molecular flexibility index (Phi) is 6.51. The molecule has 0 aliphatic heterocycles. The molecule has 1 heterocycles. The van der Waals surface area contributed by atoms with Crippen molar-refractivity contribution in [3.8, 4) is 5.69 Å².